The Hall–Kier alpha value is -0.590. The highest BCUT2D eigenvalue weighted by Crippen LogP contribution is 2.54. The van der Waals surface area contributed by atoms with E-state index in [1.165, 1.54) is 19.3 Å². The maximum atomic E-state index is 10.5. The minimum atomic E-state index is 0.386. The Morgan fingerprint density at radius 3 is 2.36 bits per heavy atom. The Balaban J connectivity index is 2.71. The molecule has 1 heteroatoms. The van der Waals surface area contributed by atoms with Crippen LogP contribution in [0.2, 0.25) is 0 Å². The van der Waals surface area contributed by atoms with Gasteiger partial charge in [0.15, 0.2) is 0 Å². The van der Waals surface area contributed by atoms with E-state index in [4.69, 9.17) is 0 Å². The van der Waals surface area contributed by atoms with Gasteiger partial charge in [0.05, 0.1) is 0 Å². The number of hydrogen-bond acceptors (Lipinski definition) is 1. The summed E-state index contributed by atoms with van der Waals surface area (Å²) in [6.45, 7) is 8.95. The molecule has 0 spiro atoms. The van der Waals surface area contributed by atoms with E-state index < -0.39 is 0 Å². The van der Waals surface area contributed by atoms with Crippen molar-refractivity contribution in [3.63, 3.8) is 0 Å². The quantitative estimate of drug-likeness (QED) is 0.494. The normalized spacial score (nSPS) is 31.9. The van der Waals surface area contributed by atoms with Crippen LogP contribution in [0.1, 0.15) is 53.4 Å². The highest BCUT2D eigenvalue weighted by Gasteiger charge is 2.43. The van der Waals surface area contributed by atoms with Crippen LogP contribution >= 0.6 is 0 Å². The second-order valence-electron chi connectivity index (χ2n) is 5.57. The van der Waals surface area contributed by atoms with Gasteiger partial charge in [0.1, 0.15) is 6.29 Å². The fourth-order valence-electron chi connectivity index (χ4n) is 2.37. The molecule has 1 rings (SSSR count). The number of hydrogen-bond donors (Lipinski definition) is 0. The van der Waals surface area contributed by atoms with Crippen LogP contribution in [-0.2, 0) is 4.79 Å². The van der Waals surface area contributed by atoms with E-state index in [1.54, 1.807) is 0 Å². The summed E-state index contributed by atoms with van der Waals surface area (Å²) in [5.41, 5.74) is 1.68. The molecule has 1 saturated carbocycles. The van der Waals surface area contributed by atoms with E-state index in [1.807, 2.05) is 6.92 Å². The van der Waals surface area contributed by atoms with Gasteiger partial charge in [0.25, 0.3) is 0 Å². The molecule has 1 aliphatic rings. The first-order valence-corrected chi connectivity index (χ1v) is 5.53. The summed E-state index contributed by atoms with van der Waals surface area (Å²) in [6, 6.07) is 0. The van der Waals surface area contributed by atoms with Gasteiger partial charge in [-0.3, -0.25) is 4.79 Å². The first-order chi connectivity index (χ1) is 6.41. The molecule has 14 heavy (non-hydrogen) atoms. The van der Waals surface area contributed by atoms with Gasteiger partial charge in [-0.1, -0.05) is 33.3 Å². The van der Waals surface area contributed by atoms with E-state index in [2.05, 4.69) is 26.8 Å². The van der Waals surface area contributed by atoms with Crippen LogP contribution in [0.3, 0.4) is 0 Å². The van der Waals surface area contributed by atoms with Gasteiger partial charge in [0.2, 0.25) is 0 Å². The van der Waals surface area contributed by atoms with Crippen LogP contribution in [0.25, 0.3) is 0 Å². The average molecular weight is 194 g/mol. The average Bonchev–Trinajstić information content (AvgIpc) is 2.38. The second-order valence-corrected chi connectivity index (χ2v) is 5.57. The molecule has 0 aliphatic heterocycles. The van der Waals surface area contributed by atoms with Gasteiger partial charge in [-0.25, -0.2) is 0 Å². The molecule has 0 radical (unpaired) electrons. The minimum Gasteiger partial charge on any atom is -0.298 e. The molecular weight excluding hydrogens is 172 g/mol. The SMILES string of the molecule is C/C(C=O)=C\CC1(C)CCCC1(C)C. The third-order valence-electron chi connectivity index (χ3n) is 4.22. The molecule has 1 unspecified atom stereocenters. The van der Waals surface area contributed by atoms with E-state index in [0.717, 1.165) is 18.3 Å². The Morgan fingerprint density at radius 1 is 1.29 bits per heavy atom. The van der Waals surface area contributed by atoms with Crippen molar-refractivity contribution in [2.75, 3.05) is 0 Å². The third kappa shape index (κ3) is 2.08. The maximum absolute atomic E-state index is 10.5. The van der Waals surface area contributed by atoms with E-state index >= 15 is 0 Å². The lowest BCUT2D eigenvalue weighted by atomic mass is 9.67. The maximum Gasteiger partial charge on any atom is 0.145 e. The van der Waals surface area contributed by atoms with Crippen LogP contribution in [0.5, 0.6) is 0 Å². The zero-order valence-electron chi connectivity index (χ0n) is 9.89. The first-order valence-electron chi connectivity index (χ1n) is 5.53. The van der Waals surface area contributed by atoms with E-state index in [9.17, 15) is 4.79 Å². The summed E-state index contributed by atoms with van der Waals surface area (Å²) in [5.74, 6) is 0. The van der Waals surface area contributed by atoms with Gasteiger partial charge in [-0.15, -0.1) is 0 Å². The van der Waals surface area contributed by atoms with Crippen LogP contribution in [-0.4, -0.2) is 6.29 Å². The highest BCUT2D eigenvalue weighted by molar-refractivity contribution is 5.71. The van der Waals surface area contributed by atoms with Gasteiger partial charge >= 0.3 is 0 Å². The van der Waals surface area contributed by atoms with Crippen molar-refractivity contribution in [3.8, 4) is 0 Å². The summed E-state index contributed by atoms with van der Waals surface area (Å²) >= 11 is 0. The molecule has 80 valence electrons. The summed E-state index contributed by atoms with van der Waals surface area (Å²) in [6.07, 6.45) is 8.04. The zero-order chi connectivity index (χ0) is 10.8. The Morgan fingerprint density at radius 2 is 1.93 bits per heavy atom. The summed E-state index contributed by atoms with van der Waals surface area (Å²) in [7, 11) is 0. The van der Waals surface area contributed by atoms with Gasteiger partial charge in [-0.05, 0) is 42.6 Å². The minimum absolute atomic E-state index is 0.386. The second kappa shape index (κ2) is 3.88. The van der Waals surface area contributed by atoms with Gasteiger partial charge in [0, 0.05) is 0 Å². The predicted octanol–water partition coefficient (Wildman–Crippen LogP) is 3.74. The number of aldehydes is 1. The van der Waals surface area contributed by atoms with Gasteiger partial charge in [-0.2, -0.15) is 0 Å². The first kappa shape index (κ1) is 11.5. The van der Waals surface area contributed by atoms with Crippen molar-refractivity contribution < 1.29 is 4.79 Å². The molecule has 0 aromatic rings. The van der Waals surface area contributed by atoms with Crippen molar-refractivity contribution in [2.45, 2.75) is 53.4 Å². The smallest absolute Gasteiger partial charge is 0.145 e. The summed E-state index contributed by atoms with van der Waals surface area (Å²) in [5, 5.41) is 0. The van der Waals surface area contributed by atoms with Crippen LogP contribution in [0.4, 0.5) is 0 Å². The van der Waals surface area contributed by atoms with Crippen LogP contribution < -0.4 is 0 Å². The van der Waals surface area contributed by atoms with Crippen molar-refractivity contribution in [1.29, 1.82) is 0 Å². The Kier molecular flexibility index (Phi) is 3.18. The number of rotatable bonds is 3. The lowest BCUT2D eigenvalue weighted by Gasteiger charge is -2.38. The van der Waals surface area contributed by atoms with Crippen LogP contribution in [0.15, 0.2) is 11.6 Å². The highest BCUT2D eigenvalue weighted by atomic mass is 16.1. The van der Waals surface area contributed by atoms with Gasteiger partial charge < -0.3 is 0 Å². The Labute approximate surface area is 87.6 Å². The summed E-state index contributed by atoms with van der Waals surface area (Å²) in [4.78, 5) is 10.5. The van der Waals surface area contributed by atoms with Crippen molar-refractivity contribution in [3.05, 3.63) is 11.6 Å². The molecule has 0 aromatic heterocycles. The van der Waals surface area contributed by atoms with Crippen molar-refractivity contribution in [2.24, 2.45) is 10.8 Å². The van der Waals surface area contributed by atoms with Crippen molar-refractivity contribution >= 4 is 6.29 Å². The topological polar surface area (TPSA) is 17.1 Å². The molecule has 1 nitrogen and oxygen atoms in total. The molecule has 0 saturated heterocycles. The fraction of sp³-hybridized carbons (Fsp3) is 0.769. The lowest BCUT2D eigenvalue weighted by molar-refractivity contribution is -0.104. The number of allylic oxidation sites excluding steroid dienone is 2. The Bertz CT molecular complexity index is 250. The van der Waals surface area contributed by atoms with E-state index in [0.29, 0.717) is 10.8 Å². The standard InChI is InChI=1S/C13H22O/c1-11(10-14)6-9-13(4)8-5-7-12(13,2)3/h6,10H,5,7-9H2,1-4H3/b11-6+. The molecule has 0 bridgehead atoms. The molecule has 0 aromatic carbocycles. The summed E-state index contributed by atoms with van der Waals surface area (Å²) < 4.78 is 0. The predicted molar refractivity (Wildman–Crippen MR) is 60.2 cm³/mol. The third-order valence-corrected chi connectivity index (χ3v) is 4.22. The zero-order valence-corrected chi connectivity index (χ0v) is 9.89. The number of carbonyl (C=O) groups is 1. The molecule has 0 amide bonds. The lowest BCUT2D eigenvalue weighted by Crippen LogP contribution is -2.28. The fourth-order valence-corrected chi connectivity index (χ4v) is 2.37. The number of carbonyl (C=O) groups excluding carboxylic acids is 1. The molecule has 1 aliphatic carbocycles. The monoisotopic (exact) mass is 194 g/mol. The molecule has 0 heterocycles. The molecular formula is C13H22O. The van der Waals surface area contributed by atoms with E-state index in [-0.39, 0.29) is 0 Å². The van der Waals surface area contributed by atoms with Crippen molar-refractivity contribution in [1.82, 2.24) is 0 Å². The molecule has 1 atom stereocenters. The van der Waals surface area contributed by atoms with Crippen LogP contribution in [0, 0.1) is 10.8 Å². The molecule has 1 fully saturated rings. The largest absolute Gasteiger partial charge is 0.298 e. The molecule has 0 N–H and O–H groups in total.